The molecule has 0 heterocycles. The lowest BCUT2D eigenvalue weighted by molar-refractivity contribution is -0.137. The average Bonchev–Trinajstić information content (AvgIpc) is 2.60. The smallest absolute Gasteiger partial charge is 0.382 e. The summed E-state index contributed by atoms with van der Waals surface area (Å²) in [7, 11) is 1.39. The van der Waals surface area contributed by atoms with Gasteiger partial charge in [0.15, 0.2) is 0 Å². The van der Waals surface area contributed by atoms with Crippen molar-refractivity contribution in [3.05, 3.63) is 65.5 Å². The molecule has 1 amide bonds. The van der Waals surface area contributed by atoms with Gasteiger partial charge in [0.25, 0.3) is 0 Å². The van der Waals surface area contributed by atoms with Crippen LogP contribution in [-0.2, 0) is 15.7 Å². The summed E-state index contributed by atoms with van der Waals surface area (Å²) >= 11 is 1.01. The number of amides is 1. The SMILES string of the molecule is COCC(NC(=O)CSc1ccccc1F)c1cccc(C(F)(F)F)c1. The van der Waals surface area contributed by atoms with E-state index in [1.54, 1.807) is 18.2 Å². The molecule has 3 nitrogen and oxygen atoms in total. The number of nitrogens with one attached hydrogen (secondary N) is 1. The molecule has 2 aromatic rings. The zero-order valence-electron chi connectivity index (χ0n) is 13.8. The molecule has 1 unspecified atom stereocenters. The van der Waals surface area contributed by atoms with E-state index < -0.39 is 29.5 Å². The van der Waals surface area contributed by atoms with E-state index in [1.807, 2.05) is 0 Å². The van der Waals surface area contributed by atoms with Crippen molar-refractivity contribution in [2.45, 2.75) is 17.1 Å². The zero-order valence-corrected chi connectivity index (χ0v) is 14.7. The Bertz CT molecular complexity index is 752. The quantitative estimate of drug-likeness (QED) is 0.564. The summed E-state index contributed by atoms with van der Waals surface area (Å²) in [5.41, 5.74) is -0.517. The lowest BCUT2D eigenvalue weighted by Gasteiger charge is -2.19. The van der Waals surface area contributed by atoms with Crippen LogP contribution in [-0.4, -0.2) is 25.4 Å². The predicted molar refractivity (Wildman–Crippen MR) is 91.3 cm³/mol. The number of halogens is 4. The molecule has 0 aromatic heterocycles. The van der Waals surface area contributed by atoms with Gasteiger partial charge >= 0.3 is 6.18 Å². The summed E-state index contributed by atoms with van der Waals surface area (Å²) in [5, 5.41) is 2.63. The molecule has 0 bridgehead atoms. The van der Waals surface area contributed by atoms with Crippen LogP contribution >= 0.6 is 11.8 Å². The van der Waals surface area contributed by atoms with Gasteiger partial charge in [-0.3, -0.25) is 4.79 Å². The van der Waals surface area contributed by atoms with Crippen LogP contribution in [0.1, 0.15) is 17.2 Å². The highest BCUT2D eigenvalue weighted by molar-refractivity contribution is 8.00. The van der Waals surface area contributed by atoms with Crippen LogP contribution in [0.15, 0.2) is 53.4 Å². The topological polar surface area (TPSA) is 38.3 Å². The summed E-state index contributed by atoms with van der Waals surface area (Å²) in [4.78, 5) is 12.5. The van der Waals surface area contributed by atoms with Crippen molar-refractivity contribution in [3.8, 4) is 0 Å². The molecule has 2 aromatic carbocycles. The first-order valence-corrected chi connectivity index (χ1v) is 8.62. The van der Waals surface area contributed by atoms with Crippen LogP contribution in [0, 0.1) is 5.82 Å². The van der Waals surface area contributed by atoms with Gasteiger partial charge in [0.2, 0.25) is 5.91 Å². The number of benzene rings is 2. The Morgan fingerprint density at radius 1 is 1.19 bits per heavy atom. The van der Waals surface area contributed by atoms with Crippen LogP contribution in [0.5, 0.6) is 0 Å². The summed E-state index contributed by atoms with van der Waals surface area (Å²) < 4.78 is 57.2. The normalized spacial score (nSPS) is 12.7. The minimum Gasteiger partial charge on any atom is -0.382 e. The Morgan fingerprint density at radius 3 is 2.58 bits per heavy atom. The summed E-state index contributed by atoms with van der Waals surface area (Å²) in [6.45, 7) is 0.0113. The molecule has 26 heavy (non-hydrogen) atoms. The van der Waals surface area contributed by atoms with Gasteiger partial charge in [-0.15, -0.1) is 11.8 Å². The standard InChI is InChI=1S/C18H17F4NO2S/c1-25-10-15(12-5-4-6-13(9-12)18(20,21)22)23-17(24)11-26-16-8-3-2-7-14(16)19/h2-9,15H,10-11H2,1H3,(H,23,24). The molecule has 0 radical (unpaired) electrons. The molecule has 0 saturated carbocycles. The van der Waals surface area contributed by atoms with Gasteiger partial charge in [0.05, 0.1) is 24.0 Å². The maximum atomic E-state index is 13.6. The zero-order chi connectivity index (χ0) is 19.2. The maximum Gasteiger partial charge on any atom is 0.416 e. The fraction of sp³-hybridized carbons (Fsp3) is 0.278. The first-order valence-electron chi connectivity index (χ1n) is 7.64. The van der Waals surface area contributed by atoms with E-state index in [0.29, 0.717) is 4.90 Å². The Balaban J connectivity index is 2.05. The highest BCUT2D eigenvalue weighted by atomic mass is 32.2. The second-order valence-electron chi connectivity index (χ2n) is 5.42. The van der Waals surface area contributed by atoms with E-state index in [1.165, 1.54) is 25.3 Å². The summed E-state index contributed by atoms with van der Waals surface area (Å²) in [6, 6.07) is 10.0. The number of carbonyl (C=O) groups is 1. The number of rotatable bonds is 7. The molecule has 0 aliphatic carbocycles. The molecule has 0 fully saturated rings. The van der Waals surface area contributed by atoms with E-state index in [0.717, 1.165) is 23.9 Å². The van der Waals surface area contributed by atoms with Crippen molar-refractivity contribution < 1.29 is 27.1 Å². The molecule has 1 N–H and O–H groups in total. The average molecular weight is 387 g/mol. The van der Waals surface area contributed by atoms with Crippen molar-refractivity contribution in [2.24, 2.45) is 0 Å². The second-order valence-corrected chi connectivity index (χ2v) is 6.43. The van der Waals surface area contributed by atoms with Crippen LogP contribution in [0.3, 0.4) is 0 Å². The summed E-state index contributed by atoms with van der Waals surface area (Å²) in [6.07, 6.45) is -4.47. The van der Waals surface area contributed by atoms with Gasteiger partial charge in [-0.25, -0.2) is 4.39 Å². The third-order valence-electron chi connectivity index (χ3n) is 3.48. The monoisotopic (exact) mass is 387 g/mol. The van der Waals surface area contributed by atoms with Gasteiger partial charge in [-0.05, 0) is 29.8 Å². The van der Waals surface area contributed by atoms with Gasteiger partial charge in [-0.1, -0.05) is 24.3 Å². The molecule has 0 aliphatic heterocycles. The second kappa shape index (κ2) is 9.05. The van der Waals surface area contributed by atoms with E-state index in [4.69, 9.17) is 4.74 Å². The molecule has 2 rings (SSSR count). The predicted octanol–water partition coefficient (Wildman–Crippen LogP) is 4.44. The molecule has 0 saturated heterocycles. The molecule has 0 spiro atoms. The van der Waals surface area contributed by atoms with Gasteiger partial charge < -0.3 is 10.1 Å². The van der Waals surface area contributed by atoms with E-state index in [-0.39, 0.29) is 17.9 Å². The Kier molecular flexibility index (Phi) is 7.05. The number of thioether (sulfide) groups is 1. The van der Waals surface area contributed by atoms with Crippen molar-refractivity contribution in [1.29, 1.82) is 0 Å². The number of hydrogen-bond acceptors (Lipinski definition) is 3. The fourth-order valence-electron chi connectivity index (χ4n) is 2.26. The van der Waals surface area contributed by atoms with Gasteiger partial charge in [-0.2, -0.15) is 13.2 Å². The third kappa shape index (κ3) is 5.74. The van der Waals surface area contributed by atoms with E-state index in [2.05, 4.69) is 5.32 Å². The van der Waals surface area contributed by atoms with Crippen LogP contribution in [0.4, 0.5) is 17.6 Å². The molecule has 0 aliphatic rings. The molecule has 1 atom stereocenters. The van der Waals surface area contributed by atoms with Crippen LogP contribution in [0.25, 0.3) is 0 Å². The number of carbonyl (C=O) groups excluding carboxylic acids is 1. The molecule has 140 valence electrons. The fourth-order valence-corrected chi connectivity index (χ4v) is 3.01. The number of methoxy groups -OCH3 is 1. The number of hydrogen-bond donors (Lipinski definition) is 1. The molecular formula is C18H17F4NO2S. The number of alkyl halides is 3. The number of ether oxygens (including phenoxy) is 1. The molecule has 8 heteroatoms. The van der Waals surface area contributed by atoms with E-state index >= 15 is 0 Å². The molecular weight excluding hydrogens is 370 g/mol. The Labute approximate surface area is 152 Å². The van der Waals surface area contributed by atoms with Crippen molar-refractivity contribution >= 4 is 17.7 Å². The van der Waals surface area contributed by atoms with Crippen molar-refractivity contribution in [2.75, 3.05) is 19.5 Å². The Morgan fingerprint density at radius 2 is 1.92 bits per heavy atom. The lowest BCUT2D eigenvalue weighted by Crippen LogP contribution is -2.32. The maximum absolute atomic E-state index is 13.6. The van der Waals surface area contributed by atoms with E-state index in [9.17, 15) is 22.4 Å². The Hall–Kier alpha value is -2.06. The minimum atomic E-state index is -4.47. The lowest BCUT2D eigenvalue weighted by atomic mass is 10.0. The largest absolute Gasteiger partial charge is 0.416 e. The van der Waals surface area contributed by atoms with Crippen molar-refractivity contribution in [3.63, 3.8) is 0 Å². The minimum absolute atomic E-state index is 0.0113. The third-order valence-corrected chi connectivity index (χ3v) is 4.53. The van der Waals surface area contributed by atoms with Crippen LogP contribution in [0.2, 0.25) is 0 Å². The van der Waals surface area contributed by atoms with Gasteiger partial charge in [0, 0.05) is 12.0 Å². The summed E-state index contributed by atoms with van der Waals surface area (Å²) in [5.74, 6) is -0.936. The first kappa shape index (κ1) is 20.3. The van der Waals surface area contributed by atoms with Crippen LogP contribution < -0.4 is 5.32 Å². The highest BCUT2D eigenvalue weighted by Gasteiger charge is 2.31. The van der Waals surface area contributed by atoms with Gasteiger partial charge in [0.1, 0.15) is 5.82 Å². The first-order chi connectivity index (χ1) is 12.3. The highest BCUT2D eigenvalue weighted by Crippen LogP contribution is 2.31. The van der Waals surface area contributed by atoms with Crippen molar-refractivity contribution in [1.82, 2.24) is 5.32 Å².